The lowest BCUT2D eigenvalue weighted by molar-refractivity contribution is 0.365. The molecule has 1 atom stereocenters. The van der Waals surface area contributed by atoms with Crippen LogP contribution in [-0.2, 0) is 7.05 Å². The molecule has 1 fully saturated rings. The summed E-state index contributed by atoms with van der Waals surface area (Å²) in [6.07, 6.45) is 1.72. The number of fused-ring (bicyclic) bond motifs is 1. The quantitative estimate of drug-likeness (QED) is 0.785. The predicted molar refractivity (Wildman–Crippen MR) is 95.9 cm³/mol. The third-order valence-corrected chi connectivity index (χ3v) is 5.04. The summed E-state index contributed by atoms with van der Waals surface area (Å²) in [5.41, 5.74) is 8.40. The molecule has 124 valence electrons. The molecule has 0 radical (unpaired) electrons. The van der Waals surface area contributed by atoms with Gasteiger partial charge < -0.3 is 10.6 Å². The maximum Gasteiger partial charge on any atom is 0.229 e. The minimum atomic E-state index is 0.140. The van der Waals surface area contributed by atoms with E-state index >= 15 is 0 Å². The van der Waals surface area contributed by atoms with Crippen LogP contribution < -0.4 is 10.6 Å². The Kier molecular flexibility index (Phi) is 3.23. The number of nitrogens with two attached hydrogens (primary N) is 1. The minimum Gasteiger partial charge on any atom is -0.383 e. The molecular formula is C18H22N6. The first kappa shape index (κ1) is 14.9. The number of rotatable bonds is 2. The molecular weight excluding hydrogens is 300 g/mol. The highest BCUT2D eigenvalue weighted by Gasteiger charge is 2.41. The Morgan fingerprint density at radius 3 is 2.67 bits per heavy atom. The topological polar surface area (TPSA) is 72.9 Å². The number of anilines is 2. The highest BCUT2D eigenvalue weighted by molar-refractivity contribution is 5.86. The van der Waals surface area contributed by atoms with Gasteiger partial charge in [-0.05, 0) is 11.0 Å². The van der Waals surface area contributed by atoms with Gasteiger partial charge in [0.05, 0.1) is 11.6 Å². The fourth-order valence-electron chi connectivity index (χ4n) is 3.70. The van der Waals surface area contributed by atoms with Crippen molar-refractivity contribution in [2.75, 3.05) is 23.7 Å². The summed E-state index contributed by atoms with van der Waals surface area (Å²) in [6, 6.07) is 10.7. The van der Waals surface area contributed by atoms with Gasteiger partial charge in [-0.25, -0.2) is 0 Å². The number of aromatic nitrogens is 4. The number of nitrogen functional groups attached to an aromatic ring is 1. The molecule has 0 amide bonds. The molecule has 2 N–H and O–H groups in total. The van der Waals surface area contributed by atoms with Crippen LogP contribution in [0.1, 0.15) is 25.3 Å². The fourth-order valence-corrected chi connectivity index (χ4v) is 3.70. The third-order valence-electron chi connectivity index (χ3n) is 5.04. The van der Waals surface area contributed by atoms with Gasteiger partial charge in [-0.3, -0.25) is 4.68 Å². The molecule has 3 aromatic rings. The zero-order valence-electron chi connectivity index (χ0n) is 14.3. The largest absolute Gasteiger partial charge is 0.383 e. The van der Waals surface area contributed by atoms with E-state index in [9.17, 15) is 0 Å². The van der Waals surface area contributed by atoms with Crippen molar-refractivity contribution in [1.29, 1.82) is 0 Å². The SMILES string of the molecule is Cn1ncc2c(N)nc(N3C[C@H](c4ccccc4)C(C)(C)C3)nc21. The number of hydrogen-bond donors (Lipinski definition) is 1. The average Bonchev–Trinajstić information content (AvgIpc) is 3.09. The van der Waals surface area contributed by atoms with Crippen LogP contribution >= 0.6 is 0 Å². The molecule has 0 unspecified atom stereocenters. The molecule has 24 heavy (non-hydrogen) atoms. The molecule has 6 nitrogen and oxygen atoms in total. The summed E-state index contributed by atoms with van der Waals surface area (Å²) in [5.74, 6) is 1.62. The van der Waals surface area contributed by atoms with Gasteiger partial charge in [0.15, 0.2) is 5.65 Å². The van der Waals surface area contributed by atoms with Crippen LogP contribution in [0.2, 0.25) is 0 Å². The molecule has 1 aromatic carbocycles. The lowest BCUT2D eigenvalue weighted by atomic mass is 9.78. The molecule has 0 saturated carbocycles. The molecule has 3 heterocycles. The summed E-state index contributed by atoms with van der Waals surface area (Å²) >= 11 is 0. The summed E-state index contributed by atoms with van der Waals surface area (Å²) < 4.78 is 1.74. The first-order valence-corrected chi connectivity index (χ1v) is 8.21. The van der Waals surface area contributed by atoms with Crippen molar-refractivity contribution in [3.63, 3.8) is 0 Å². The van der Waals surface area contributed by atoms with Crippen LogP contribution in [0.3, 0.4) is 0 Å². The van der Waals surface area contributed by atoms with Gasteiger partial charge in [0.25, 0.3) is 0 Å². The molecule has 1 saturated heterocycles. The molecule has 1 aliphatic rings. The molecule has 4 rings (SSSR count). The molecule has 2 aromatic heterocycles. The van der Waals surface area contributed by atoms with Gasteiger partial charge in [0.1, 0.15) is 5.82 Å². The van der Waals surface area contributed by atoms with E-state index in [1.807, 2.05) is 7.05 Å². The highest BCUT2D eigenvalue weighted by atomic mass is 15.3. The van der Waals surface area contributed by atoms with Crippen molar-refractivity contribution in [3.8, 4) is 0 Å². The van der Waals surface area contributed by atoms with Crippen LogP contribution in [0.4, 0.5) is 11.8 Å². The second kappa shape index (κ2) is 5.19. The van der Waals surface area contributed by atoms with Gasteiger partial charge in [0.2, 0.25) is 5.95 Å². The summed E-state index contributed by atoms with van der Waals surface area (Å²) in [6.45, 7) is 6.39. The van der Waals surface area contributed by atoms with Gasteiger partial charge in [-0.15, -0.1) is 0 Å². The van der Waals surface area contributed by atoms with Gasteiger partial charge in [-0.1, -0.05) is 44.2 Å². The zero-order valence-corrected chi connectivity index (χ0v) is 14.3. The van der Waals surface area contributed by atoms with E-state index < -0.39 is 0 Å². The standard InChI is InChI=1S/C18H22N6/c1-18(2)11-24(10-14(18)12-7-5-4-6-8-12)17-21-15(19)13-9-20-23(3)16(13)22-17/h4-9,14H,10-11H2,1-3H3,(H2,19,21,22)/t14-/m1/s1. The summed E-state index contributed by atoms with van der Waals surface area (Å²) in [5, 5.41) is 5.04. The first-order valence-electron chi connectivity index (χ1n) is 8.21. The average molecular weight is 322 g/mol. The minimum absolute atomic E-state index is 0.140. The van der Waals surface area contributed by atoms with Crippen LogP contribution in [0.5, 0.6) is 0 Å². The van der Waals surface area contributed by atoms with Crippen molar-refractivity contribution in [2.24, 2.45) is 12.5 Å². The molecule has 1 aliphatic heterocycles. The van der Waals surface area contributed by atoms with Gasteiger partial charge >= 0.3 is 0 Å². The van der Waals surface area contributed by atoms with Crippen LogP contribution in [0, 0.1) is 5.41 Å². The molecule has 0 bridgehead atoms. The first-order chi connectivity index (χ1) is 11.5. The maximum absolute atomic E-state index is 6.12. The Morgan fingerprint density at radius 1 is 1.17 bits per heavy atom. The second-order valence-electron chi connectivity index (χ2n) is 7.25. The van der Waals surface area contributed by atoms with Gasteiger partial charge in [0, 0.05) is 26.1 Å². The van der Waals surface area contributed by atoms with E-state index in [4.69, 9.17) is 10.7 Å². The number of hydrogen-bond acceptors (Lipinski definition) is 5. The Hall–Kier alpha value is -2.63. The Morgan fingerprint density at radius 2 is 1.92 bits per heavy atom. The van der Waals surface area contributed by atoms with Crippen LogP contribution in [0.25, 0.3) is 11.0 Å². The smallest absolute Gasteiger partial charge is 0.229 e. The monoisotopic (exact) mass is 322 g/mol. The Bertz CT molecular complexity index is 883. The normalized spacial score (nSPS) is 20.0. The van der Waals surface area contributed by atoms with Crippen LogP contribution in [-0.4, -0.2) is 32.8 Å². The van der Waals surface area contributed by atoms with E-state index in [0.717, 1.165) is 24.1 Å². The van der Waals surface area contributed by atoms with Gasteiger partial charge in [-0.2, -0.15) is 15.1 Å². The van der Waals surface area contributed by atoms with E-state index in [1.165, 1.54) is 5.56 Å². The summed E-state index contributed by atoms with van der Waals surface area (Å²) in [4.78, 5) is 11.5. The lowest BCUT2D eigenvalue weighted by Crippen LogP contribution is -2.25. The predicted octanol–water partition coefficient (Wildman–Crippen LogP) is 2.58. The maximum atomic E-state index is 6.12. The Labute approximate surface area is 141 Å². The van der Waals surface area contributed by atoms with Crippen molar-refractivity contribution >= 4 is 22.8 Å². The number of benzene rings is 1. The zero-order chi connectivity index (χ0) is 16.9. The van der Waals surface area contributed by atoms with E-state index in [0.29, 0.717) is 17.7 Å². The number of aryl methyl sites for hydroxylation is 1. The Balaban J connectivity index is 1.72. The van der Waals surface area contributed by atoms with E-state index in [1.54, 1.807) is 10.9 Å². The third kappa shape index (κ3) is 2.29. The van der Waals surface area contributed by atoms with Crippen molar-refractivity contribution < 1.29 is 0 Å². The van der Waals surface area contributed by atoms with Crippen molar-refractivity contribution in [1.82, 2.24) is 19.7 Å². The molecule has 0 aliphatic carbocycles. The second-order valence-corrected chi connectivity index (χ2v) is 7.25. The van der Waals surface area contributed by atoms with Crippen LogP contribution in [0.15, 0.2) is 36.5 Å². The van der Waals surface area contributed by atoms with E-state index in [2.05, 4.69) is 59.2 Å². The number of nitrogens with zero attached hydrogens (tertiary/aromatic N) is 5. The van der Waals surface area contributed by atoms with Crippen molar-refractivity contribution in [3.05, 3.63) is 42.1 Å². The lowest BCUT2D eigenvalue weighted by Gasteiger charge is -2.25. The highest BCUT2D eigenvalue weighted by Crippen LogP contribution is 2.43. The van der Waals surface area contributed by atoms with E-state index in [-0.39, 0.29) is 5.41 Å². The summed E-state index contributed by atoms with van der Waals surface area (Å²) in [7, 11) is 1.87. The molecule has 6 heteroatoms. The van der Waals surface area contributed by atoms with Crippen molar-refractivity contribution in [2.45, 2.75) is 19.8 Å². The fraction of sp³-hybridized carbons (Fsp3) is 0.389. The molecule has 0 spiro atoms.